The van der Waals surface area contributed by atoms with Crippen molar-refractivity contribution in [2.45, 2.75) is 26.4 Å². The molecule has 0 radical (unpaired) electrons. The fraction of sp³-hybridized carbons (Fsp3) is 0.385. The molecule has 0 aliphatic rings. The lowest BCUT2D eigenvalue weighted by atomic mass is 10.2. The molecule has 2 rings (SSSR count). The van der Waals surface area contributed by atoms with Crippen LogP contribution in [0.15, 0.2) is 22.7 Å². The number of nitrogens with zero attached hydrogens (tertiary/aromatic N) is 2. The summed E-state index contributed by atoms with van der Waals surface area (Å²) in [6.45, 7) is 4.41. The normalized spacial score (nSPS) is 12.5. The average Bonchev–Trinajstić information content (AvgIpc) is 2.88. The van der Waals surface area contributed by atoms with E-state index in [4.69, 9.17) is 9.26 Å². The summed E-state index contributed by atoms with van der Waals surface area (Å²) in [5.41, 5.74) is 0.296. The number of rotatable bonds is 5. The lowest BCUT2D eigenvalue weighted by molar-refractivity contribution is 0.0518. The van der Waals surface area contributed by atoms with Crippen molar-refractivity contribution in [3.63, 3.8) is 0 Å². The SMILES string of the molecule is CCOC(CC)c1noc(-c2cccc(O)c2O)n1. The van der Waals surface area contributed by atoms with Gasteiger partial charge in [0.05, 0.1) is 5.56 Å². The van der Waals surface area contributed by atoms with Gasteiger partial charge in [0.15, 0.2) is 11.5 Å². The minimum absolute atomic E-state index is 0.154. The molecule has 1 aromatic carbocycles. The third-order valence-corrected chi connectivity index (χ3v) is 2.71. The number of ether oxygens (including phenoxy) is 1. The fourth-order valence-corrected chi connectivity index (χ4v) is 1.76. The molecular formula is C13H16N2O4. The number of hydrogen-bond donors (Lipinski definition) is 2. The van der Waals surface area contributed by atoms with Gasteiger partial charge in [-0.25, -0.2) is 0 Å². The Hall–Kier alpha value is -2.08. The zero-order chi connectivity index (χ0) is 13.8. The van der Waals surface area contributed by atoms with Crippen molar-refractivity contribution in [1.29, 1.82) is 0 Å². The Bertz CT molecular complexity index is 553. The first-order valence-electron chi connectivity index (χ1n) is 6.13. The van der Waals surface area contributed by atoms with Crippen LogP contribution in [-0.4, -0.2) is 27.0 Å². The summed E-state index contributed by atoms with van der Waals surface area (Å²) in [6, 6.07) is 4.56. The van der Waals surface area contributed by atoms with E-state index in [0.717, 1.165) is 6.42 Å². The van der Waals surface area contributed by atoms with Crippen LogP contribution < -0.4 is 0 Å². The van der Waals surface area contributed by atoms with Crippen LogP contribution in [-0.2, 0) is 4.74 Å². The zero-order valence-corrected chi connectivity index (χ0v) is 10.8. The highest BCUT2D eigenvalue weighted by molar-refractivity contribution is 5.66. The maximum absolute atomic E-state index is 9.75. The second-order valence-corrected chi connectivity index (χ2v) is 3.98. The van der Waals surface area contributed by atoms with Gasteiger partial charge in [0.2, 0.25) is 5.82 Å². The number of benzene rings is 1. The summed E-state index contributed by atoms with van der Waals surface area (Å²) in [7, 11) is 0. The third kappa shape index (κ3) is 2.68. The summed E-state index contributed by atoms with van der Waals surface area (Å²) < 4.78 is 10.6. The highest BCUT2D eigenvalue weighted by Crippen LogP contribution is 2.35. The number of hydrogen-bond acceptors (Lipinski definition) is 6. The molecule has 0 saturated carbocycles. The van der Waals surface area contributed by atoms with Crippen LogP contribution in [0, 0.1) is 0 Å². The van der Waals surface area contributed by atoms with Gasteiger partial charge < -0.3 is 19.5 Å². The van der Waals surface area contributed by atoms with Crippen LogP contribution >= 0.6 is 0 Å². The topological polar surface area (TPSA) is 88.6 Å². The number of aromatic hydroxyl groups is 2. The van der Waals surface area contributed by atoms with E-state index in [1.807, 2.05) is 13.8 Å². The van der Waals surface area contributed by atoms with Crippen molar-refractivity contribution in [2.75, 3.05) is 6.61 Å². The summed E-state index contributed by atoms with van der Waals surface area (Å²) in [5.74, 6) is 0.0832. The first-order valence-corrected chi connectivity index (χ1v) is 6.13. The van der Waals surface area contributed by atoms with E-state index in [1.54, 1.807) is 12.1 Å². The van der Waals surface area contributed by atoms with Gasteiger partial charge in [0.25, 0.3) is 5.89 Å². The Morgan fingerprint density at radius 2 is 2.11 bits per heavy atom. The quantitative estimate of drug-likeness (QED) is 0.807. The predicted molar refractivity (Wildman–Crippen MR) is 67.7 cm³/mol. The molecule has 0 spiro atoms. The van der Waals surface area contributed by atoms with Crippen LogP contribution in [0.1, 0.15) is 32.2 Å². The van der Waals surface area contributed by atoms with E-state index in [0.29, 0.717) is 18.0 Å². The lowest BCUT2D eigenvalue weighted by Crippen LogP contribution is -2.04. The van der Waals surface area contributed by atoms with E-state index in [1.165, 1.54) is 6.07 Å². The molecular weight excluding hydrogens is 248 g/mol. The van der Waals surface area contributed by atoms with Crippen molar-refractivity contribution < 1.29 is 19.5 Å². The van der Waals surface area contributed by atoms with Gasteiger partial charge in [-0.05, 0) is 25.5 Å². The molecule has 2 N–H and O–H groups in total. The minimum Gasteiger partial charge on any atom is -0.504 e. The number of phenols is 2. The minimum atomic E-state index is -0.276. The zero-order valence-electron chi connectivity index (χ0n) is 10.8. The summed E-state index contributed by atoms with van der Waals surface area (Å²) in [5, 5.41) is 23.0. The maximum atomic E-state index is 9.75. The van der Waals surface area contributed by atoms with Crippen molar-refractivity contribution in [3.05, 3.63) is 24.0 Å². The van der Waals surface area contributed by atoms with E-state index >= 15 is 0 Å². The number of aromatic nitrogens is 2. The molecule has 1 aromatic heterocycles. The van der Waals surface area contributed by atoms with Crippen LogP contribution in [0.5, 0.6) is 11.5 Å². The van der Waals surface area contributed by atoms with Crippen LogP contribution in [0.3, 0.4) is 0 Å². The Labute approximate surface area is 110 Å². The van der Waals surface area contributed by atoms with Crippen molar-refractivity contribution in [3.8, 4) is 23.0 Å². The molecule has 0 aliphatic carbocycles. The van der Waals surface area contributed by atoms with Crippen LogP contribution in [0.4, 0.5) is 0 Å². The molecule has 1 atom stereocenters. The first-order chi connectivity index (χ1) is 9.17. The molecule has 0 fully saturated rings. The molecule has 1 heterocycles. The van der Waals surface area contributed by atoms with Crippen molar-refractivity contribution >= 4 is 0 Å². The second kappa shape index (κ2) is 5.71. The Balaban J connectivity index is 2.32. The van der Waals surface area contributed by atoms with Gasteiger partial charge in [-0.3, -0.25) is 0 Å². The van der Waals surface area contributed by atoms with E-state index < -0.39 is 0 Å². The Kier molecular flexibility index (Phi) is 4.01. The van der Waals surface area contributed by atoms with E-state index in [-0.39, 0.29) is 23.5 Å². The smallest absolute Gasteiger partial charge is 0.261 e. The number of para-hydroxylation sites is 1. The molecule has 1 unspecified atom stereocenters. The predicted octanol–water partition coefficient (Wildman–Crippen LogP) is 2.64. The van der Waals surface area contributed by atoms with Crippen LogP contribution in [0.25, 0.3) is 11.5 Å². The first kappa shape index (κ1) is 13.4. The molecule has 0 amide bonds. The molecule has 6 nitrogen and oxygen atoms in total. The highest BCUT2D eigenvalue weighted by atomic mass is 16.5. The Morgan fingerprint density at radius 1 is 1.32 bits per heavy atom. The lowest BCUT2D eigenvalue weighted by Gasteiger charge is -2.09. The van der Waals surface area contributed by atoms with Gasteiger partial charge >= 0.3 is 0 Å². The van der Waals surface area contributed by atoms with Crippen molar-refractivity contribution in [1.82, 2.24) is 10.1 Å². The molecule has 0 saturated heterocycles. The molecule has 0 bridgehead atoms. The van der Waals surface area contributed by atoms with E-state index in [2.05, 4.69) is 10.1 Å². The monoisotopic (exact) mass is 264 g/mol. The molecule has 19 heavy (non-hydrogen) atoms. The maximum Gasteiger partial charge on any atom is 0.261 e. The fourth-order valence-electron chi connectivity index (χ4n) is 1.76. The van der Waals surface area contributed by atoms with Gasteiger partial charge in [-0.2, -0.15) is 4.98 Å². The van der Waals surface area contributed by atoms with Gasteiger partial charge in [-0.15, -0.1) is 0 Å². The second-order valence-electron chi connectivity index (χ2n) is 3.98. The Morgan fingerprint density at radius 3 is 2.79 bits per heavy atom. The van der Waals surface area contributed by atoms with Crippen molar-refractivity contribution in [2.24, 2.45) is 0 Å². The molecule has 2 aromatic rings. The highest BCUT2D eigenvalue weighted by Gasteiger charge is 2.20. The molecule has 102 valence electrons. The van der Waals surface area contributed by atoms with E-state index in [9.17, 15) is 10.2 Å². The standard InChI is InChI=1S/C13H16N2O4/c1-3-10(18-4-2)12-14-13(19-15-12)8-6-5-7-9(16)11(8)17/h5-7,10,16-17H,3-4H2,1-2H3. The molecule has 0 aliphatic heterocycles. The number of phenolic OH excluding ortho intramolecular Hbond substituents is 2. The van der Waals surface area contributed by atoms with Gasteiger partial charge in [0.1, 0.15) is 6.10 Å². The summed E-state index contributed by atoms with van der Waals surface area (Å²) in [6.07, 6.45) is 0.487. The summed E-state index contributed by atoms with van der Waals surface area (Å²) >= 11 is 0. The summed E-state index contributed by atoms with van der Waals surface area (Å²) in [4.78, 5) is 4.20. The van der Waals surface area contributed by atoms with Gasteiger partial charge in [0, 0.05) is 6.61 Å². The average molecular weight is 264 g/mol. The molecule has 6 heteroatoms. The third-order valence-electron chi connectivity index (χ3n) is 2.71. The van der Waals surface area contributed by atoms with Gasteiger partial charge in [-0.1, -0.05) is 18.1 Å². The largest absolute Gasteiger partial charge is 0.504 e. The van der Waals surface area contributed by atoms with Crippen LogP contribution in [0.2, 0.25) is 0 Å².